The van der Waals surface area contributed by atoms with Crippen LogP contribution in [0.25, 0.3) is 11.3 Å². The van der Waals surface area contributed by atoms with Crippen molar-refractivity contribution < 1.29 is 19.4 Å². The van der Waals surface area contributed by atoms with E-state index in [1.165, 1.54) is 0 Å². The first-order valence-electron chi connectivity index (χ1n) is 11.6. The Morgan fingerprint density at radius 3 is 2.68 bits per heavy atom. The van der Waals surface area contributed by atoms with Crippen molar-refractivity contribution in [3.63, 3.8) is 0 Å². The third-order valence-electron chi connectivity index (χ3n) is 6.12. The third kappa shape index (κ3) is 4.20. The fourth-order valence-electron chi connectivity index (χ4n) is 4.38. The first kappa shape index (κ1) is 24.0. The quantitative estimate of drug-likeness (QED) is 0.371. The second-order valence-corrected chi connectivity index (χ2v) is 8.90. The largest absolute Gasteiger partial charge is 0.507 e. The van der Waals surface area contributed by atoms with Crippen LogP contribution >= 0.6 is 11.6 Å². The highest BCUT2D eigenvalue weighted by atomic mass is 35.5. The van der Waals surface area contributed by atoms with Crippen LogP contribution in [0.15, 0.2) is 30.3 Å². The van der Waals surface area contributed by atoms with Crippen LogP contribution in [-0.4, -0.2) is 46.4 Å². The fraction of sp³-hybridized carbons (Fsp3) is 0.385. The van der Waals surface area contributed by atoms with Crippen molar-refractivity contribution in [3.8, 4) is 28.5 Å². The first-order chi connectivity index (χ1) is 16.4. The summed E-state index contributed by atoms with van der Waals surface area (Å²) in [5.41, 5.74) is 3.77. The van der Waals surface area contributed by atoms with Gasteiger partial charge in [-0.05, 0) is 55.2 Å². The van der Waals surface area contributed by atoms with Gasteiger partial charge < -0.3 is 19.5 Å². The number of ether oxygens (including phenoxy) is 2. The van der Waals surface area contributed by atoms with Crippen LogP contribution in [0.5, 0.6) is 17.2 Å². The number of carbonyl (C=O) groups excluding carboxylic acids is 1. The topological polar surface area (TPSA) is 87.7 Å². The van der Waals surface area contributed by atoms with E-state index < -0.39 is 6.04 Å². The number of fused-ring (bicyclic) bond motifs is 1. The summed E-state index contributed by atoms with van der Waals surface area (Å²) in [6, 6.07) is 8.66. The Morgan fingerprint density at radius 1 is 1.18 bits per heavy atom. The molecule has 2 N–H and O–H groups in total. The summed E-state index contributed by atoms with van der Waals surface area (Å²) in [6.07, 6.45) is 2.79. The second-order valence-electron chi connectivity index (χ2n) is 8.49. The molecule has 8 heteroatoms. The highest BCUT2D eigenvalue weighted by molar-refractivity contribution is 6.31. The van der Waals surface area contributed by atoms with Crippen LogP contribution in [0.3, 0.4) is 0 Å². The number of benzene rings is 2. The Bertz CT molecular complexity index is 1210. The molecule has 1 aromatic heterocycles. The lowest BCUT2D eigenvalue weighted by Gasteiger charge is -2.26. The van der Waals surface area contributed by atoms with Crippen LogP contribution in [0.2, 0.25) is 5.02 Å². The SMILES string of the molecule is CCCCOc1ccc(C2c3c(-c4cc(Cl)c(C)cc4O)n[nH]c3C(=O)N2CCC)cc1OC. The Morgan fingerprint density at radius 2 is 1.97 bits per heavy atom. The number of phenols is 1. The standard InChI is InChI=1S/C26H30ClN3O4/c1-5-7-11-34-20-9-8-16(13-21(20)33-4)25-22-23(17-14-18(27)15(3)12-19(17)31)28-29-24(22)26(32)30(25)10-6-2/h8-9,12-14,25,31H,5-7,10-11H2,1-4H3,(H,28,29). The Hall–Kier alpha value is -3.19. The van der Waals surface area contributed by atoms with Crippen molar-refractivity contribution in [1.29, 1.82) is 0 Å². The molecule has 0 bridgehead atoms. The molecule has 1 aliphatic rings. The molecule has 0 radical (unpaired) electrons. The zero-order valence-electron chi connectivity index (χ0n) is 19.9. The van der Waals surface area contributed by atoms with Gasteiger partial charge in [-0.2, -0.15) is 5.10 Å². The summed E-state index contributed by atoms with van der Waals surface area (Å²) in [6.45, 7) is 7.16. The molecule has 2 aromatic carbocycles. The highest BCUT2D eigenvalue weighted by Gasteiger charge is 2.42. The average molecular weight is 484 g/mol. The van der Waals surface area contributed by atoms with Gasteiger partial charge in [-0.1, -0.05) is 37.9 Å². The number of H-pyrrole nitrogens is 1. The minimum atomic E-state index is -0.394. The van der Waals surface area contributed by atoms with E-state index in [1.807, 2.05) is 36.9 Å². The molecule has 1 atom stereocenters. The molecule has 34 heavy (non-hydrogen) atoms. The number of amides is 1. The molecule has 4 rings (SSSR count). The Balaban J connectivity index is 1.83. The molecule has 180 valence electrons. The maximum absolute atomic E-state index is 13.3. The molecular weight excluding hydrogens is 454 g/mol. The summed E-state index contributed by atoms with van der Waals surface area (Å²) >= 11 is 6.37. The summed E-state index contributed by atoms with van der Waals surface area (Å²) in [7, 11) is 1.61. The molecule has 1 unspecified atom stereocenters. The molecule has 0 saturated heterocycles. The fourth-order valence-corrected chi connectivity index (χ4v) is 4.54. The van der Waals surface area contributed by atoms with Crippen molar-refractivity contribution in [2.75, 3.05) is 20.3 Å². The predicted molar refractivity (Wildman–Crippen MR) is 132 cm³/mol. The van der Waals surface area contributed by atoms with Crippen molar-refractivity contribution in [2.24, 2.45) is 0 Å². The number of aromatic nitrogens is 2. The van der Waals surface area contributed by atoms with E-state index >= 15 is 0 Å². The van der Waals surface area contributed by atoms with E-state index in [9.17, 15) is 9.90 Å². The highest BCUT2D eigenvalue weighted by Crippen LogP contribution is 2.46. The smallest absolute Gasteiger partial charge is 0.273 e. The molecule has 1 amide bonds. The van der Waals surface area contributed by atoms with Crippen molar-refractivity contribution >= 4 is 17.5 Å². The van der Waals surface area contributed by atoms with E-state index in [-0.39, 0.29) is 11.7 Å². The van der Waals surface area contributed by atoms with Gasteiger partial charge in [0.2, 0.25) is 0 Å². The van der Waals surface area contributed by atoms with Gasteiger partial charge >= 0.3 is 0 Å². The molecule has 0 spiro atoms. The van der Waals surface area contributed by atoms with E-state index in [1.54, 1.807) is 19.2 Å². The predicted octanol–water partition coefficient (Wildman–Crippen LogP) is 5.89. The van der Waals surface area contributed by atoms with Crippen LogP contribution in [0.1, 0.15) is 66.3 Å². The lowest BCUT2D eigenvalue weighted by Crippen LogP contribution is -2.30. The number of nitrogens with zero attached hydrogens (tertiary/aromatic N) is 2. The van der Waals surface area contributed by atoms with Gasteiger partial charge in [0.05, 0.1) is 19.8 Å². The summed E-state index contributed by atoms with van der Waals surface area (Å²) in [4.78, 5) is 15.2. The summed E-state index contributed by atoms with van der Waals surface area (Å²) < 4.78 is 11.5. The lowest BCUT2D eigenvalue weighted by atomic mass is 9.95. The maximum atomic E-state index is 13.3. The number of carbonyl (C=O) groups is 1. The molecule has 0 saturated carbocycles. The number of hydrogen-bond acceptors (Lipinski definition) is 5. The van der Waals surface area contributed by atoms with Crippen LogP contribution in [0, 0.1) is 6.92 Å². The Kier molecular flexibility index (Phi) is 7.03. The first-order valence-corrected chi connectivity index (χ1v) is 12.0. The lowest BCUT2D eigenvalue weighted by molar-refractivity contribution is 0.0743. The number of methoxy groups -OCH3 is 1. The van der Waals surface area contributed by atoms with Crippen LogP contribution < -0.4 is 9.47 Å². The number of aromatic amines is 1. The summed E-state index contributed by atoms with van der Waals surface area (Å²) in [5.74, 6) is 1.22. The van der Waals surface area contributed by atoms with Gasteiger partial charge in [0, 0.05) is 22.7 Å². The number of aryl methyl sites for hydroxylation is 1. The van der Waals surface area contributed by atoms with E-state index in [2.05, 4.69) is 17.1 Å². The van der Waals surface area contributed by atoms with Crippen molar-refractivity contribution in [1.82, 2.24) is 15.1 Å². The average Bonchev–Trinajstić information content (AvgIpc) is 3.36. The monoisotopic (exact) mass is 483 g/mol. The zero-order chi connectivity index (χ0) is 24.4. The number of phenolic OH excluding ortho intramolecular Hbond substituents is 1. The van der Waals surface area contributed by atoms with Crippen LogP contribution in [-0.2, 0) is 0 Å². The van der Waals surface area contributed by atoms with Crippen LogP contribution in [0.4, 0.5) is 0 Å². The number of unbranched alkanes of at least 4 members (excludes halogenated alkanes) is 1. The van der Waals surface area contributed by atoms with Gasteiger partial charge in [0.25, 0.3) is 5.91 Å². The molecule has 0 aliphatic carbocycles. The molecular formula is C26H30ClN3O4. The molecule has 2 heterocycles. The number of nitrogens with one attached hydrogen (secondary N) is 1. The van der Waals surface area contributed by atoms with Gasteiger partial charge in [0.1, 0.15) is 17.1 Å². The second kappa shape index (κ2) is 9.97. The Labute approximate surface area is 204 Å². The number of aromatic hydroxyl groups is 1. The summed E-state index contributed by atoms with van der Waals surface area (Å²) in [5, 5.41) is 18.5. The van der Waals surface area contributed by atoms with E-state index in [0.29, 0.717) is 46.6 Å². The van der Waals surface area contributed by atoms with E-state index in [0.717, 1.165) is 36.0 Å². The minimum absolute atomic E-state index is 0.0635. The van der Waals surface area contributed by atoms with Crippen molar-refractivity contribution in [2.45, 2.75) is 46.1 Å². The third-order valence-corrected chi connectivity index (χ3v) is 6.53. The zero-order valence-corrected chi connectivity index (χ0v) is 20.7. The van der Waals surface area contributed by atoms with Gasteiger partial charge in [-0.3, -0.25) is 9.89 Å². The normalized spacial score (nSPS) is 15.0. The van der Waals surface area contributed by atoms with Gasteiger partial charge in [-0.15, -0.1) is 0 Å². The van der Waals surface area contributed by atoms with Crippen molar-refractivity contribution in [3.05, 3.63) is 57.7 Å². The molecule has 0 fully saturated rings. The van der Waals surface area contributed by atoms with Gasteiger partial charge in [-0.25, -0.2) is 0 Å². The molecule has 1 aliphatic heterocycles. The van der Waals surface area contributed by atoms with Gasteiger partial charge in [0.15, 0.2) is 11.5 Å². The number of halogens is 1. The molecule has 3 aromatic rings. The molecule has 7 nitrogen and oxygen atoms in total. The maximum Gasteiger partial charge on any atom is 0.273 e. The number of hydrogen-bond donors (Lipinski definition) is 2. The van der Waals surface area contributed by atoms with E-state index in [4.69, 9.17) is 21.1 Å². The minimum Gasteiger partial charge on any atom is -0.507 e. The number of rotatable bonds is 9.